The molecule has 12 heteroatoms. The molecule has 3 N–H and O–H groups in total. The third kappa shape index (κ3) is 8.51. The van der Waals surface area contributed by atoms with Crippen LogP contribution in [0.25, 0.3) is 21.9 Å². The molecule has 1 aliphatic heterocycles. The Hall–Kier alpha value is -6.30. The number of benzene rings is 3. The number of pyridine rings is 2. The fourth-order valence-electron chi connectivity index (χ4n) is 8.32. The van der Waals surface area contributed by atoms with Gasteiger partial charge in [0.1, 0.15) is 23.6 Å². The van der Waals surface area contributed by atoms with Gasteiger partial charge in [-0.15, -0.1) is 0 Å². The highest BCUT2D eigenvalue weighted by molar-refractivity contribution is 6.04. The van der Waals surface area contributed by atoms with Crippen LogP contribution in [0.2, 0.25) is 0 Å². The second-order valence-corrected chi connectivity index (χ2v) is 15.3. The number of likely N-dealkylation sites (tertiary alicyclic amines) is 1. The van der Waals surface area contributed by atoms with E-state index in [1.165, 1.54) is 21.9 Å². The van der Waals surface area contributed by atoms with Crippen LogP contribution in [0.5, 0.6) is 0 Å². The van der Waals surface area contributed by atoms with Gasteiger partial charge in [-0.2, -0.15) is 5.10 Å². The molecule has 296 valence electrons. The molecule has 1 atom stereocenters. The fourth-order valence-corrected chi connectivity index (χ4v) is 8.32. The summed E-state index contributed by atoms with van der Waals surface area (Å²) in [6, 6.07) is 31.3. The number of carbonyl (C=O) groups excluding carboxylic acids is 3. The van der Waals surface area contributed by atoms with Crippen LogP contribution >= 0.6 is 0 Å². The van der Waals surface area contributed by atoms with Gasteiger partial charge in [0, 0.05) is 42.7 Å². The van der Waals surface area contributed by atoms with Gasteiger partial charge in [-0.05, 0) is 108 Å². The Balaban J connectivity index is 0.000000206. The zero-order valence-electron chi connectivity index (χ0n) is 32.1. The average molecular weight is 782 g/mol. The summed E-state index contributed by atoms with van der Waals surface area (Å²) < 4.78 is 27.9. The van der Waals surface area contributed by atoms with Crippen LogP contribution in [-0.2, 0) is 17.8 Å². The molecule has 0 bridgehead atoms. The number of piperidine rings is 1. The minimum absolute atomic E-state index is 0.00542. The Bertz CT molecular complexity index is 2450. The van der Waals surface area contributed by atoms with Crippen molar-refractivity contribution in [2.45, 2.75) is 75.8 Å². The van der Waals surface area contributed by atoms with Gasteiger partial charge in [0.15, 0.2) is 0 Å². The van der Waals surface area contributed by atoms with E-state index in [0.29, 0.717) is 24.5 Å². The zero-order chi connectivity index (χ0) is 40.2. The van der Waals surface area contributed by atoms with Crippen molar-refractivity contribution in [2.75, 3.05) is 13.1 Å². The van der Waals surface area contributed by atoms with E-state index in [1.807, 2.05) is 78.9 Å². The third-order valence-electron chi connectivity index (χ3n) is 11.5. The number of halogens is 2. The first-order valence-electron chi connectivity index (χ1n) is 19.9. The highest BCUT2D eigenvalue weighted by Crippen LogP contribution is 2.41. The number of aromatic nitrogens is 4. The second kappa shape index (κ2) is 17.1. The lowest BCUT2D eigenvalue weighted by Crippen LogP contribution is -2.40. The van der Waals surface area contributed by atoms with Gasteiger partial charge < -0.3 is 16.0 Å². The summed E-state index contributed by atoms with van der Waals surface area (Å²) in [5, 5.41) is 9.41. The highest BCUT2D eigenvalue weighted by Gasteiger charge is 2.32. The van der Waals surface area contributed by atoms with E-state index in [4.69, 9.17) is 5.73 Å². The average Bonchev–Trinajstić information content (AvgIpc) is 4.02. The smallest absolute Gasteiger partial charge is 0.282 e. The molecular weight excluding hydrogens is 737 g/mol. The maximum atomic E-state index is 13.2. The number of nitrogens with one attached hydrogen (secondary N) is 1. The van der Waals surface area contributed by atoms with E-state index in [-0.39, 0.29) is 41.9 Å². The molecule has 3 amide bonds. The first-order chi connectivity index (χ1) is 28.2. The summed E-state index contributed by atoms with van der Waals surface area (Å²) in [5.74, 6) is -0.323. The lowest BCUT2D eigenvalue weighted by molar-refractivity contribution is -0.133. The van der Waals surface area contributed by atoms with Crippen molar-refractivity contribution in [3.63, 3.8) is 0 Å². The molecule has 1 saturated carbocycles. The summed E-state index contributed by atoms with van der Waals surface area (Å²) in [4.78, 5) is 47.9. The van der Waals surface area contributed by atoms with Crippen molar-refractivity contribution >= 4 is 28.5 Å². The molecule has 10 nitrogen and oxygen atoms in total. The number of nitrogens with two attached hydrogens (primary N) is 1. The molecule has 1 saturated heterocycles. The predicted molar refractivity (Wildman–Crippen MR) is 217 cm³/mol. The van der Waals surface area contributed by atoms with Gasteiger partial charge in [-0.1, -0.05) is 72.8 Å². The van der Waals surface area contributed by atoms with Crippen molar-refractivity contribution in [3.8, 4) is 11.1 Å². The van der Waals surface area contributed by atoms with Crippen molar-refractivity contribution in [1.82, 2.24) is 30.0 Å². The van der Waals surface area contributed by atoms with E-state index < -0.39 is 12.3 Å². The van der Waals surface area contributed by atoms with E-state index in [9.17, 15) is 23.2 Å². The number of amides is 3. The molecule has 4 heterocycles. The maximum Gasteiger partial charge on any atom is 0.282 e. The van der Waals surface area contributed by atoms with Crippen molar-refractivity contribution < 1.29 is 23.2 Å². The normalized spacial score (nSPS) is 16.7. The van der Waals surface area contributed by atoms with Crippen molar-refractivity contribution in [3.05, 3.63) is 149 Å². The van der Waals surface area contributed by atoms with Gasteiger partial charge in [-0.3, -0.25) is 29.0 Å². The Morgan fingerprint density at radius 3 is 2.34 bits per heavy atom. The number of hydrogen-bond donors (Lipinski definition) is 2. The van der Waals surface area contributed by atoms with E-state index >= 15 is 0 Å². The summed E-state index contributed by atoms with van der Waals surface area (Å²) >= 11 is 0. The lowest BCUT2D eigenvalue weighted by Gasteiger charge is -2.32. The number of primary amides is 1. The number of alkyl halides is 2. The number of rotatable bonds is 9. The number of aryl methyl sites for hydroxylation is 1. The molecular formula is C46H45F2N7O3. The van der Waals surface area contributed by atoms with Gasteiger partial charge in [0.25, 0.3) is 18.2 Å². The largest absolute Gasteiger partial charge is 0.364 e. The highest BCUT2D eigenvalue weighted by atomic mass is 19.3. The zero-order valence-corrected chi connectivity index (χ0v) is 32.1. The number of nitrogens with zero attached hydrogens (tertiary/aromatic N) is 5. The Kier molecular flexibility index (Phi) is 11.3. The summed E-state index contributed by atoms with van der Waals surface area (Å²) in [6.07, 6.45) is 7.07. The quantitative estimate of drug-likeness (QED) is 0.152. The topological polar surface area (TPSA) is 136 Å². The Morgan fingerprint density at radius 1 is 0.793 bits per heavy atom. The molecule has 58 heavy (non-hydrogen) atoms. The van der Waals surface area contributed by atoms with Crippen molar-refractivity contribution in [2.24, 2.45) is 5.73 Å². The minimum atomic E-state index is -2.64. The molecule has 3 aromatic heterocycles. The van der Waals surface area contributed by atoms with E-state index in [1.54, 1.807) is 17.3 Å². The number of hydrogen-bond acceptors (Lipinski definition) is 6. The molecule has 6 aromatic rings. The summed E-state index contributed by atoms with van der Waals surface area (Å²) in [7, 11) is 0. The first kappa shape index (κ1) is 38.6. The summed E-state index contributed by atoms with van der Waals surface area (Å²) in [5.41, 5.74) is 11.9. The van der Waals surface area contributed by atoms with Crippen LogP contribution in [0.15, 0.2) is 109 Å². The molecule has 0 radical (unpaired) electrons. The molecule has 2 fully saturated rings. The second-order valence-electron chi connectivity index (χ2n) is 15.3. The molecule has 2 aliphatic carbocycles. The Labute approximate surface area is 335 Å². The molecule has 0 spiro atoms. The van der Waals surface area contributed by atoms with Crippen LogP contribution in [-0.4, -0.2) is 55.5 Å². The van der Waals surface area contributed by atoms with Crippen LogP contribution in [0.1, 0.15) is 112 Å². The fraction of sp³-hybridized carbons (Fsp3) is 0.304. The van der Waals surface area contributed by atoms with Gasteiger partial charge in [0.2, 0.25) is 5.91 Å². The summed E-state index contributed by atoms with van der Waals surface area (Å²) in [6.45, 7) is 1.15. The first-order valence-corrected chi connectivity index (χ1v) is 19.9. The Morgan fingerprint density at radius 2 is 1.55 bits per heavy atom. The number of fused-ring (bicyclic) bond motifs is 2. The van der Waals surface area contributed by atoms with E-state index in [0.717, 1.165) is 78.1 Å². The van der Waals surface area contributed by atoms with Gasteiger partial charge in [-0.25, -0.2) is 8.78 Å². The minimum Gasteiger partial charge on any atom is -0.364 e. The predicted octanol–water partition coefficient (Wildman–Crippen LogP) is 8.31. The number of carbonyl (C=O) groups is 3. The van der Waals surface area contributed by atoms with Crippen LogP contribution in [0.3, 0.4) is 0 Å². The van der Waals surface area contributed by atoms with Crippen LogP contribution < -0.4 is 11.1 Å². The molecule has 3 aliphatic rings. The van der Waals surface area contributed by atoms with Gasteiger partial charge >= 0.3 is 0 Å². The van der Waals surface area contributed by atoms with E-state index in [2.05, 4.69) is 32.5 Å². The lowest BCUT2D eigenvalue weighted by atomic mass is 9.87. The van der Waals surface area contributed by atoms with Crippen LogP contribution in [0.4, 0.5) is 8.78 Å². The standard InChI is InChI=1S/C30H33F2N5O2.C16H12N2O/c31-29(32)25-17-27(21-8-9-21)37(35-25)18-28(38)36-14-11-19(12-15-36)22-10-13-33-26(16-22)30(39)34-24-7-3-5-20-4-1-2-6-23(20)24;17-16(19)15-14(9-4-10-18-15)13-8-3-6-11-5-1-2-7-12(11)13/h1-2,4,6,10,13,16-17,19,21,24,29H,3,5,7-9,11-12,14-15,18H2,(H,34,39);1-10H,(H2,17,19). The molecule has 1 unspecified atom stereocenters. The molecule has 3 aromatic carbocycles. The van der Waals surface area contributed by atoms with Gasteiger partial charge in [0.05, 0.1) is 6.04 Å². The monoisotopic (exact) mass is 781 g/mol. The van der Waals surface area contributed by atoms with Crippen LogP contribution in [0, 0.1) is 0 Å². The maximum absolute atomic E-state index is 13.2. The molecule has 9 rings (SSSR count). The SMILES string of the molecule is NC(=O)c1ncccc1-c1cccc2ccccc12.O=C(NC1CCCc2ccccc21)c1cc(C2CCN(C(=O)Cn3nc(C(F)F)cc3C3CC3)CC2)ccn1. The van der Waals surface area contributed by atoms with Crippen molar-refractivity contribution in [1.29, 1.82) is 0 Å². The third-order valence-corrected chi connectivity index (χ3v) is 11.5.